The van der Waals surface area contributed by atoms with Crippen molar-refractivity contribution < 1.29 is 4.74 Å². The second kappa shape index (κ2) is 5.97. The summed E-state index contributed by atoms with van der Waals surface area (Å²) in [5.41, 5.74) is 7.36. The monoisotopic (exact) mass is 291 g/mol. The Morgan fingerprint density at radius 2 is 2.25 bits per heavy atom. The van der Waals surface area contributed by atoms with Gasteiger partial charge in [-0.2, -0.15) is 5.10 Å². The molecule has 1 atom stereocenters. The lowest BCUT2D eigenvalue weighted by Crippen LogP contribution is -2.14. The molecule has 1 unspecified atom stereocenters. The van der Waals surface area contributed by atoms with Gasteiger partial charge in [0.25, 0.3) is 0 Å². The normalized spacial score (nSPS) is 17.5. The van der Waals surface area contributed by atoms with Gasteiger partial charge in [0.2, 0.25) is 0 Å². The smallest absolute Gasteiger partial charge is 0.134 e. The molecule has 2 heterocycles. The second-order valence-electron chi connectivity index (χ2n) is 5.39. The Labute approximate surface area is 123 Å². The number of aromatic nitrogens is 2. The highest BCUT2D eigenvalue weighted by molar-refractivity contribution is 7.10. The molecule has 1 aliphatic rings. The summed E-state index contributed by atoms with van der Waals surface area (Å²) < 4.78 is 7.46. The van der Waals surface area contributed by atoms with Gasteiger partial charge in [0.15, 0.2) is 0 Å². The zero-order chi connectivity index (χ0) is 13.9. The van der Waals surface area contributed by atoms with Gasteiger partial charge in [0.1, 0.15) is 5.75 Å². The highest BCUT2D eigenvalue weighted by Crippen LogP contribution is 2.32. The molecular formula is C15H21N3OS. The first-order valence-corrected chi connectivity index (χ1v) is 8.07. The number of nitrogens with zero attached hydrogens (tertiary/aromatic N) is 2. The van der Waals surface area contributed by atoms with Gasteiger partial charge in [-0.3, -0.25) is 4.68 Å². The van der Waals surface area contributed by atoms with Gasteiger partial charge in [0.05, 0.1) is 23.7 Å². The molecule has 1 aliphatic carbocycles. The molecular weight excluding hydrogens is 270 g/mol. The van der Waals surface area contributed by atoms with Crippen LogP contribution < -0.4 is 10.5 Å². The maximum absolute atomic E-state index is 6.29. The maximum atomic E-state index is 6.29. The molecule has 0 spiro atoms. The highest BCUT2D eigenvalue weighted by atomic mass is 32.1. The van der Waals surface area contributed by atoms with Crippen LogP contribution >= 0.6 is 11.3 Å². The van der Waals surface area contributed by atoms with Gasteiger partial charge in [0, 0.05) is 18.7 Å². The second-order valence-corrected chi connectivity index (χ2v) is 6.34. The minimum Gasteiger partial charge on any atom is -0.496 e. The largest absolute Gasteiger partial charge is 0.496 e. The average molecular weight is 291 g/mol. The SMILES string of the molecule is COc1ccsc1C(N)Cc1ccn(C2CCCC2)n1. The molecule has 2 aromatic heterocycles. The Hall–Kier alpha value is -1.33. The van der Waals surface area contributed by atoms with E-state index in [0.717, 1.165) is 22.7 Å². The Morgan fingerprint density at radius 1 is 1.45 bits per heavy atom. The molecule has 108 valence electrons. The highest BCUT2D eigenvalue weighted by Gasteiger charge is 2.19. The van der Waals surface area contributed by atoms with Gasteiger partial charge >= 0.3 is 0 Å². The minimum atomic E-state index is -0.0446. The van der Waals surface area contributed by atoms with E-state index in [-0.39, 0.29) is 6.04 Å². The van der Waals surface area contributed by atoms with Crippen molar-refractivity contribution in [3.63, 3.8) is 0 Å². The van der Waals surface area contributed by atoms with Gasteiger partial charge in [-0.05, 0) is 30.4 Å². The van der Waals surface area contributed by atoms with Gasteiger partial charge < -0.3 is 10.5 Å². The number of ether oxygens (including phenoxy) is 1. The van der Waals surface area contributed by atoms with Crippen molar-refractivity contribution in [2.24, 2.45) is 5.73 Å². The molecule has 1 saturated carbocycles. The summed E-state index contributed by atoms with van der Waals surface area (Å²) in [7, 11) is 1.69. The lowest BCUT2D eigenvalue weighted by atomic mass is 10.1. The number of rotatable bonds is 5. The van der Waals surface area contributed by atoms with Crippen LogP contribution in [0.4, 0.5) is 0 Å². The van der Waals surface area contributed by atoms with Crippen LogP contribution in [-0.4, -0.2) is 16.9 Å². The number of hydrogen-bond acceptors (Lipinski definition) is 4. The Balaban J connectivity index is 1.68. The summed E-state index contributed by atoms with van der Waals surface area (Å²) in [6, 6.07) is 4.61. The first-order valence-electron chi connectivity index (χ1n) is 7.19. The zero-order valence-corrected chi connectivity index (χ0v) is 12.6. The summed E-state index contributed by atoms with van der Waals surface area (Å²) in [5.74, 6) is 0.887. The third kappa shape index (κ3) is 2.74. The van der Waals surface area contributed by atoms with Crippen molar-refractivity contribution in [1.29, 1.82) is 0 Å². The van der Waals surface area contributed by atoms with Crippen molar-refractivity contribution >= 4 is 11.3 Å². The van der Waals surface area contributed by atoms with Crippen molar-refractivity contribution in [1.82, 2.24) is 9.78 Å². The number of thiophene rings is 1. The standard InChI is InChI=1S/C15H21N3OS/c1-19-14-7-9-20-15(14)13(16)10-11-6-8-18(17-11)12-4-2-3-5-12/h6-9,12-13H,2-5,10,16H2,1H3. The van der Waals surface area contributed by atoms with Gasteiger partial charge in [-0.25, -0.2) is 0 Å². The Bertz CT molecular complexity index is 557. The van der Waals surface area contributed by atoms with E-state index in [2.05, 4.69) is 16.9 Å². The van der Waals surface area contributed by atoms with E-state index in [1.165, 1.54) is 25.7 Å². The molecule has 0 aromatic carbocycles. The Kier molecular flexibility index (Phi) is 4.08. The summed E-state index contributed by atoms with van der Waals surface area (Å²) in [6.45, 7) is 0. The molecule has 4 nitrogen and oxygen atoms in total. The fourth-order valence-electron chi connectivity index (χ4n) is 2.92. The molecule has 0 saturated heterocycles. The van der Waals surface area contributed by atoms with E-state index in [4.69, 9.17) is 15.6 Å². The van der Waals surface area contributed by atoms with E-state index in [1.807, 2.05) is 11.4 Å². The maximum Gasteiger partial charge on any atom is 0.134 e. The van der Waals surface area contributed by atoms with Crippen molar-refractivity contribution in [3.8, 4) is 5.75 Å². The predicted octanol–water partition coefficient (Wildman–Crippen LogP) is 3.31. The molecule has 0 aliphatic heterocycles. The van der Waals surface area contributed by atoms with Crippen LogP contribution in [0, 0.1) is 0 Å². The lowest BCUT2D eigenvalue weighted by molar-refractivity contribution is 0.408. The van der Waals surface area contributed by atoms with Crippen LogP contribution in [0.2, 0.25) is 0 Å². The van der Waals surface area contributed by atoms with E-state index in [1.54, 1.807) is 18.4 Å². The zero-order valence-electron chi connectivity index (χ0n) is 11.8. The number of methoxy groups -OCH3 is 1. The van der Waals surface area contributed by atoms with Crippen LogP contribution in [0.3, 0.4) is 0 Å². The molecule has 0 radical (unpaired) electrons. The molecule has 1 fully saturated rings. The minimum absolute atomic E-state index is 0.0446. The van der Waals surface area contributed by atoms with Gasteiger partial charge in [-0.15, -0.1) is 11.3 Å². The van der Waals surface area contributed by atoms with E-state index in [9.17, 15) is 0 Å². The summed E-state index contributed by atoms with van der Waals surface area (Å²) in [5, 5.41) is 6.72. The molecule has 3 rings (SSSR count). The first kappa shape index (κ1) is 13.6. The van der Waals surface area contributed by atoms with E-state index < -0.39 is 0 Å². The summed E-state index contributed by atoms with van der Waals surface area (Å²) >= 11 is 1.65. The van der Waals surface area contributed by atoms with Crippen LogP contribution in [0.1, 0.15) is 48.3 Å². The van der Waals surface area contributed by atoms with Crippen LogP contribution in [-0.2, 0) is 6.42 Å². The third-order valence-corrected chi connectivity index (χ3v) is 5.04. The molecule has 5 heteroatoms. The quantitative estimate of drug-likeness (QED) is 0.919. The summed E-state index contributed by atoms with van der Waals surface area (Å²) in [6.07, 6.45) is 8.02. The molecule has 0 amide bonds. The average Bonchev–Trinajstić information content (AvgIpc) is 3.19. The van der Waals surface area contributed by atoms with E-state index in [0.29, 0.717) is 6.04 Å². The third-order valence-electron chi connectivity index (χ3n) is 4.01. The van der Waals surface area contributed by atoms with Crippen molar-refractivity contribution in [2.75, 3.05) is 7.11 Å². The summed E-state index contributed by atoms with van der Waals surface area (Å²) in [4.78, 5) is 1.10. The van der Waals surface area contributed by atoms with Gasteiger partial charge in [-0.1, -0.05) is 12.8 Å². The van der Waals surface area contributed by atoms with E-state index >= 15 is 0 Å². The topological polar surface area (TPSA) is 53.1 Å². The van der Waals surface area contributed by atoms with Crippen LogP contribution in [0.5, 0.6) is 5.75 Å². The number of hydrogen-bond donors (Lipinski definition) is 1. The molecule has 20 heavy (non-hydrogen) atoms. The molecule has 0 bridgehead atoms. The lowest BCUT2D eigenvalue weighted by Gasteiger charge is -2.11. The fourth-order valence-corrected chi connectivity index (χ4v) is 3.79. The molecule has 2 aromatic rings. The van der Waals surface area contributed by atoms with Crippen molar-refractivity contribution in [2.45, 2.75) is 44.2 Å². The molecule has 2 N–H and O–H groups in total. The van der Waals surface area contributed by atoms with Crippen LogP contribution in [0.15, 0.2) is 23.7 Å². The first-order chi connectivity index (χ1) is 9.78. The van der Waals surface area contributed by atoms with Crippen LogP contribution in [0.25, 0.3) is 0 Å². The Morgan fingerprint density at radius 3 is 3.00 bits per heavy atom. The number of nitrogens with two attached hydrogens (primary N) is 1. The van der Waals surface area contributed by atoms with Crippen molar-refractivity contribution in [3.05, 3.63) is 34.3 Å². The fraction of sp³-hybridized carbons (Fsp3) is 0.533. The predicted molar refractivity (Wildman–Crippen MR) is 81.2 cm³/mol.